The van der Waals surface area contributed by atoms with Gasteiger partial charge in [-0.25, -0.2) is 8.42 Å². The van der Waals surface area contributed by atoms with Gasteiger partial charge in [-0.3, -0.25) is 0 Å². The molecule has 17 heavy (non-hydrogen) atoms. The molecule has 102 valence electrons. The summed E-state index contributed by atoms with van der Waals surface area (Å²) in [6.45, 7) is 6.39. The predicted molar refractivity (Wildman–Crippen MR) is 69.9 cm³/mol. The summed E-state index contributed by atoms with van der Waals surface area (Å²) in [4.78, 5) is 0. The Hall–Kier alpha value is -0.130. The molecule has 0 aromatic heterocycles. The maximum Gasteiger partial charge on any atom is 0.151 e. The van der Waals surface area contributed by atoms with E-state index in [1.165, 1.54) is 6.26 Å². The molecular weight excluding hydrogens is 238 g/mol. The molecule has 0 aromatic rings. The van der Waals surface area contributed by atoms with E-state index in [0.717, 1.165) is 32.4 Å². The molecule has 0 aromatic carbocycles. The van der Waals surface area contributed by atoms with Crippen molar-refractivity contribution in [3.8, 4) is 0 Å². The van der Waals surface area contributed by atoms with E-state index in [2.05, 4.69) is 19.2 Å². The highest BCUT2D eigenvalue weighted by Crippen LogP contribution is 2.24. The number of ether oxygens (including phenoxy) is 1. The Bertz CT molecular complexity index is 314. The maximum atomic E-state index is 11.6. The Morgan fingerprint density at radius 3 is 2.65 bits per heavy atom. The van der Waals surface area contributed by atoms with Crippen LogP contribution in [-0.4, -0.2) is 45.7 Å². The molecule has 1 saturated carbocycles. The number of hydrogen-bond acceptors (Lipinski definition) is 4. The van der Waals surface area contributed by atoms with Crippen molar-refractivity contribution >= 4 is 9.84 Å². The van der Waals surface area contributed by atoms with Gasteiger partial charge in [0, 0.05) is 25.4 Å². The molecule has 0 saturated heterocycles. The first-order valence-electron chi connectivity index (χ1n) is 6.41. The van der Waals surface area contributed by atoms with E-state index in [-0.39, 0.29) is 11.3 Å². The second-order valence-corrected chi connectivity index (χ2v) is 7.59. The molecule has 2 atom stereocenters. The van der Waals surface area contributed by atoms with Crippen LogP contribution in [0.5, 0.6) is 0 Å². The van der Waals surface area contributed by atoms with Crippen LogP contribution in [0.1, 0.15) is 33.1 Å². The van der Waals surface area contributed by atoms with E-state index in [9.17, 15) is 8.42 Å². The maximum absolute atomic E-state index is 11.6. The van der Waals surface area contributed by atoms with Crippen LogP contribution < -0.4 is 5.32 Å². The van der Waals surface area contributed by atoms with Gasteiger partial charge in [0.25, 0.3) is 0 Å². The zero-order chi connectivity index (χ0) is 12.9. The summed E-state index contributed by atoms with van der Waals surface area (Å²) in [7, 11) is -2.91. The fraction of sp³-hybridized carbons (Fsp3) is 1.00. The van der Waals surface area contributed by atoms with E-state index in [4.69, 9.17) is 4.74 Å². The van der Waals surface area contributed by atoms with Gasteiger partial charge in [-0.05, 0) is 18.8 Å². The first kappa shape index (κ1) is 14.9. The van der Waals surface area contributed by atoms with Crippen molar-refractivity contribution in [1.29, 1.82) is 0 Å². The molecule has 5 heteroatoms. The van der Waals surface area contributed by atoms with Gasteiger partial charge >= 0.3 is 0 Å². The van der Waals surface area contributed by atoms with Crippen molar-refractivity contribution in [2.45, 2.75) is 44.4 Å². The van der Waals surface area contributed by atoms with Crippen LogP contribution in [0.4, 0.5) is 0 Å². The zero-order valence-electron chi connectivity index (χ0n) is 11.1. The molecule has 0 spiro atoms. The highest BCUT2D eigenvalue weighted by Gasteiger charge is 2.34. The van der Waals surface area contributed by atoms with Gasteiger partial charge in [0.05, 0.1) is 11.9 Å². The largest absolute Gasteiger partial charge is 0.380 e. The Labute approximate surface area is 105 Å². The summed E-state index contributed by atoms with van der Waals surface area (Å²) in [5.74, 6) is 0.547. The molecule has 0 radical (unpaired) electrons. The van der Waals surface area contributed by atoms with Crippen molar-refractivity contribution in [3.63, 3.8) is 0 Å². The molecular formula is C12H25NO3S. The van der Waals surface area contributed by atoms with E-state index in [1.54, 1.807) is 0 Å². The van der Waals surface area contributed by atoms with E-state index >= 15 is 0 Å². The quantitative estimate of drug-likeness (QED) is 0.702. The summed E-state index contributed by atoms with van der Waals surface area (Å²) >= 11 is 0. The molecule has 0 aliphatic heterocycles. The Morgan fingerprint density at radius 1 is 1.35 bits per heavy atom. The number of rotatable bonds is 7. The van der Waals surface area contributed by atoms with Crippen LogP contribution in [0.15, 0.2) is 0 Å². The highest BCUT2D eigenvalue weighted by atomic mass is 32.2. The Balaban J connectivity index is 2.23. The molecule has 4 nitrogen and oxygen atoms in total. The van der Waals surface area contributed by atoms with E-state index in [0.29, 0.717) is 12.5 Å². The molecule has 1 N–H and O–H groups in total. The lowest BCUT2D eigenvalue weighted by Gasteiger charge is -2.19. The minimum absolute atomic E-state index is 0.118. The lowest BCUT2D eigenvalue weighted by Crippen LogP contribution is -2.41. The van der Waals surface area contributed by atoms with Gasteiger partial charge in [0.15, 0.2) is 9.84 Å². The third kappa shape index (κ3) is 5.36. The lowest BCUT2D eigenvalue weighted by molar-refractivity contribution is 0.110. The minimum atomic E-state index is -2.91. The van der Waals surface area contributed by atoms with Crippen LogP contribution in [0.25, 0.3) is 0 Å². The molecule has 2 unspecified atom stereocenters. The molecule has 0 heterocycles. The first-order valence-corrected chi connectivity index (χ1v) is 8.36. The van der Waals surface area contributed by atoms with Crippen LogP contribution in [0, 0.1) is 5.92 Å². The van der Waals surface area contributed by atoms with Crippen LogP contribution in [0.2, 0.25) is 0 Å². The van der Waals surface area contributed by atoms with Gasteiger partial charge < -0.3 is 10.1 Å². The van der Waals surface area contributed by atoms with Crippen molar-refractivity contribution < 1.29 is 13.2 Å². The fourth-order valence-corrected chi connectivity index (χ4v) is 3.73. The van der Waals surface area contributed by atoms with E-state index in [1.807, 2.05) is 0 Å². The first-order chi connectivity index (χ1) is 7.91. The standard InChI is InChI=1S/C12H25NO3S/c1-10(2)9-16-8-7-13-11-5-4-6-12(11)17(3,14)15/h10-13H,4-9H2,1-3H3. The number of nitrogens with one attached hydrogen (secondary N) is 1. The molecule has 1 aliphatic rings. The monoisotopic (exact) mass is 263 g/mol. The number of hydrogen-bond donors (Lipinski definition) is 1. The summed E-state index contributed by atoms with van der Waals surface area (Å²) in [5.41, 5.74) is 0. The van der Waals surface area contributed by atoms with Crippen LogP contribution >= 0.6 is 0 Å². The third-order valence-corrected chi connectivity index (χ3v) is 4.77. The number of sulfone groups is 1. The normalized spacial score (nSPS) is 25.6. The average Bonchev–Trinajstić information content (AvgIpc) is 2.64. The zero-order valence-corrected chi connectivity index (χ0v) is 11.9. The van der Waals surface area contributed by atoms with Gasteiger partial charge in [-0.15, -0.1) is 0 Å². The highest BCUT2D eigenvalue weighted by molar-refractivity contribution is 7.91. The molecule has 0 amide bonds. The van der Waals surface area contributed by atoms with Crippen LogP contribution in [0.3, 0.4) is 0 Å². The molecule has 1 aliphatic carbocycles. The van der Waals surface area contributed by atoms with Gasteiger partial charge in [0.1, 0.15) is 0 Å². The summed E-state index contributed by atoms with van der Waals surface area (Å²) in [6, 6.07) is 0.118. The Kier molecular flexibility index (Phi) is 5.89. The lowest BCUT2D eigenvalue weighted by atomic mass is 10.2. The molecule has 0 bridgehead atoms. The SMILES string of the molecule is CC(C)COCCNC1CCCC1S(C)(=O)=O. The summed E-state index contributed by atoms with van der Waals surface area (Å²) in [5, 5.41) is 3.11. The van der Waals surface area contributed by atoms with Gasteiger partial charge in [0.2, 0.25) is 0 Å². The Morgan fingerprint density at radius 2 is 2.06 bits per heavy atom. The second kappa shape index (κ2) is 6.71. The minimum Gasteiger partial charge on any atom is -0.380 e. The molecule has 1 rings (SSSR count). The summed E-state index contributed by atoms with van der Waals surface area (Å²) in [6.07, 6.45) is 4.10. The van der Waals surface area contributed by atoms with Crippen molar-refractivity contribution in [3.05, 3.63) is 0 Å². The molecule has 1 fully saturated rings. The third-order valence-electron chi connectivity index (χ3n) is 3.11. The summed E-state index contributed by atoms with van der Waals surface area (Å²) < 4.78 is 28.6. The van der Waals surface area contributed by atoms with Gasteiger partial charge in [-0.1, -0.05) is 20.3 Å². The van der Waals surface area contributed by atoms with Crippen molar-refractivity contribution in [2.75, 3.05) is 26.0 Å². The van der Waals surface area contributed by atoms with Crippen molar-refractivity contribution in [1.82, 2.24) is 5.32 Å². The average molecular weight is 263 g/mol. The smallest absolute Gasteiger partial charge is 0.151 e. The van der Waals surface area contributed by atoms with E-state index < -0.39 is 9.84 Å². The van der Waals surface area contributed by atoms with Crippen molar-refractivity contribution in [2.24, 2.45) is 5.92 Å². The second-order valence-electron chi connectivity index (χ2n) is 5.33. The predicted octanol–water partition coefficient (Wildman–Crippen LogP) is 1.21. The van der Waals surface area contributed by atoms with Crippen LogP contribution in [-0.2, 0) is 14.6 Å². The fourth-order valence-electron chi connectivity index (χ4n) is 2.31. The topological polar surface area (TPSA) is 55.4 Å². The van der Waals surface area contributed by atoms with Gasteiger partial charge in [-0.2, -0.15) is 0 Å².